The van der Waals surface area contributed by atoms with Crippen molar-refractivity contribution < 1.29 is 27.2 Å². The minimum absolute atomic E-state index is 0.155. The van der Waals surface area contributed by atoms with Crippen LogP contribution in [0.2, 0.25) is 0 Å². The molecule has 2 N–H and O–H groups in total. The number of benzene rings is 2. The number of halogens is 4. The first-order valence-electron chi connectivity index (χ1n) is 7.51. The molecule has 0 saturated heterocycles. The summed E-state index contributed by atoms with van der Waals surface area (Å²) in [6.45, 7) is 0. The maximum atomic E-state index is 13.2. The minimum Gasteiger partial charge on any atom is -0.327 e. The number of hydrogen-bond donors (Lipinski definition) is 2. The molecule has 26 heavy (non-hydrogen) atoms. The van der Waals surface area contributed by atoms with Crippen LogP contribution < -0.4 is 10.6 Å². The van der Waals surface area contributed by atoms with Crippen LogP contribution >= 0.6 is 0 Å². The molecule has 3 rings (SSSR count). The van der Waals surface area contributed by atoms with Crippen LogP contribution in [-0.4, -0.2) is 18.0 Å². The number of nitrogens with one attached hydrogen (secondary N) is 2. The fraction of sp³-hybridized carbons (Fsp3) is 0.111. The lowest BCUT2D eigenvalue weighted by Gasteiger charge is -2.30. The standard InChI is InChI=1S/C18H12F4N2O2/c19-12-8-6-11(7-9-12)15-13(16(25)18(20,21)22)14(23-17(26)24-15)10-4-2-1-3-5-10/h1-9,15H,(H2,23,24,26). The number of hydrogen-bond acceptors (Lipinski definition) is 2. The van der Waals surface area contributed by atoms with Crippen LogP contribution in [0.1, 0.15) is 17.2 Å². The van der Waals surface area contributed by atoms with E-state index in [0.717, 1.165) is 12.1 Å². The van der Waals surface area contributed by atoms with Crippen molar-refractivity contribution >= 4 is 17.5 Å². The van der Waals surface area contributed by atoms with E-state index < -0.39 is 35.4 Å². The Morgan fingerprint density at radius 1 is 0.962 bits per heavy atom. The van der Waals surface area contributed by atoms with E-state index in [1.54, 1.807) is 18.2 Å². The number of Topliss-reactive ketones (excluding diaryl/α,β-unsaturated/α-hetero) is 1. The van der Waals surface area contributed by atoms with Crippen molar-refractivity contribution in [3.8, 4) is 0 Å². The van der Waals surface area contributed by atoms with E-state index in [0.29, 0.717) is 0 Å². The predicted octanol–water partition coefficient (Wildman–Crippen LogP) is 3.72. The first-order chi connectivity index (χ1) is 12.3. The number of amides is 2. The summed E-state index contributed by atoms with van der Waals surface area (Å²) >= 11 is 0. The Kier molecular flexibility index (Phi) is 4.50. The SMILES string of the molecule is O=C1NC(c2ccccc2)=C(C(=O)C(F)(F)F)C(c2ccc(F)cc2)N1. The molecule has 0 radical (unpaired) electrons. The van der Waals surface area contributed by atoms with E-state index >= 15 is 0 Å². The van der Waals surface area contributed by atoms with Gasteiger partial charge in [-0.15, -0.1) is 0 Å². The quantitative estimate of drug-likeness (QED) is 0.816. The van der Waals surface area contributed by atoms with Crippen molar-refractivity contribution in [2.24, 2.45) is 0 Å². The van der Waals surface area contributed by atoms with Crippen LogP contribution in [0.25, 0.3) is 5.70 Å². The largest absolute Gasteiger partial charge is 0.454 e. The van der Waals surface area contributed by atoms with Gasteiger partial charge in [-0.2, -0.15) is 13.2 Å². The molecular weight excluding hydrogens is 352 g/mol. The van der Waals surface area contributed by atoms with Gasteiger partial charge >= 0.3 is 12.2 Å². The van der Waals surface area contributed by atoms with Crippen molar-refractivity contribution in [3.05, 3.63) is 77.1 Å². The second-order valence-corrected chi connectivity index (χ2v) is 5.56. The molecule has 0 bridgehead atoms. The number of urea groups is 1. The van der Waals surface area contributed by atoms with Crippen LogP contribution in [0, 0.1) is 5.82 Å². The van der Waals surface area contributed by atoms with Crippen LogP contribution in [0.4, 0.5) is 22.4 Å². The topological polar surface area (TPSA) is 58.2 Å². The summed E-state index contributed by atoms with van der Waals surface area (Å²) in [5.74, 6) is -2.68. The van der Waals surface area contributed by atoms with E-state index in [-0.39, 0.29) is 16.8 Å². The number of carbonyl (C=O) groups is 2. The molecular formula is C18H12F4N2O2. The Bertz CT molecular complexity index is 874. The van der Waals surface area contributed by atoms with E-state index in [9.17, 15) is 27.2 Å². The highest BCUT2D eigenvalue weighted by Crippen LogP contribution is 2.36. The van der Waals surface area contributed by atoms with Gasteiger partial charge in [-0.3, -0.25) is 4.79 Å². The molecule has 0 fully saturated rings. The average Bonchev–Trinajstić information content (AvgIpc) is 2.61. The second kappa shape index (κ2) is 6.62. The summed E-state index contributed by atoms with van der Waals surface area (Å²) in [7, 11) is 0. The van der Waals surface area contributed by atoms with E-state index in [1.807, 2.05) is 0 Å². The second-order valence-electron chi connectivity index (χ2n) is 5.56. The third-order valence-corrected chi connectivity index (χ3v) is 3.84. The molecule has 1 atom stereocenters. The Morgan fingerprint density at radius 2 is 1.58 bits per heavy atom. The van der Waals surface area contributed by atoms with Crippen molar-refractivity contribution in [3.63, 3.8) is 0 Å². The molecule has 1 aliphatic heterocycles. The third-order valence-electron chi connectivity index (χ3n) is 3.84. The van der Waals surface area contributed by atoms with Crippen LogP contribution in [0.3, 0.4) is 0 Å². The lowest BCUT2D eigenvalue weighted by atomic mass is 9.89. The van der Waals surface area contributed by atoms with Gasteiger partial charge in [0.1, 0.15) is 5.82 Å². The van der Waals surface area contributed by atoms with Gasteiger partial charge in [0.05, 0.1) is 17.3 Å². The van der Waals surface area contributed by atoms with Gasteiger partial charge in [-0.1, -0.05) is 42.5 Å². The molecule has 134 valence electrons. The summed E-state index contributed by atoms with van der Waals surface area (Å²) in [5.41, 5.74) is -0.481. The molecule has 1 aliphatic rings. The van der Waals surface area contributed by atoms with Gasteiger partial charge in [0.2, 0.25) is 0 Å². The number of alkyl halides is 3. The minimum atomic E-state index is -5.14. The molecule has 0 saturated carbocycles. The number of rotatable bonds is 3. The van der Waals surface area contributed by atoms with E-state index in [2.05, 4.69) is 10.6 Å². The molecule has 0 spiro atoms. The maximum Gasteiger partial charge on any atom is 0.454 e. The summed E-state index contributed by atoms with van der Waals surface area (Å²) < 4.78 is 52.7. The smallest absolute Gasteiger partial charge is 0.327 e. The highest BCUT2D eigenvalue weighted by atomic mass is 19.4. The summed E-state index contributed by atoms with van der Waals surface area (Å²) in [5, 5.41) is 4.59. The van der Waals surface area contributed by atoms with Gasteiger partial charge in [0.25, 0.3) is 5.78 Å². The monoisotopic (exact) mass is 364 g/mol. The fourth-order valence-electron chi connectivity index (χ4n) is 2.70. The van der Waals surface area contributed by atoms with Gasteiger partial charge < -0.3 is 10.6 Å². The molecule has 4 nitrogen and oxygen atoms in total. The van der Waals surface area contributed by atoms with Gasteiger partial charge in [-0.05, 0) is 23.3 Å². The number of carbonyl (C=O) groups excluding carboxylic acids is 2. The van der Waals surface area contributed by atoms with E-state index in [4.69, 9.17) is 0 Å². The zero-order chi connectivity index (χ0) is 18.9. The summed E-state index contributed by atoms with van der Waals surface area (Å²) in [6, 6.07) is 10.1. The van der Waals surface area contributed by atoms with Crippen molar-refractivity contribution in [2.75, 3.05) is 0 Å². The molecule has 2 aromatic rings. The van der Waals surface area contributed by atoms with Gasteiger partial charge in [-0.25, -0.2) is 9.18 Å². The average molecular weight is 364 g/mol. The normalized spacial score (nSPS) is 17.5. The van der Waals surface area contributed by atoms with Crippen molar-refractivity contribution in [2.45, 2.75) is 12.2 Å². The Balaban J connectivity index is 2.23. The maximum absolute atomic E-state index is 13.2. The Hall–Kier alpha value is -3.16. The summed E-state index contributed by atoms with van der Waals surface area (Å²) in [4.78, 5) is 24.1. The Morgan fingerprint density at radius 3 is 2.15 bits per heavy atom. The highest BCUT2D eigenvalue weighted by molar-refractivity contribution is 6.10. The number of ketones is 1. The molecule has 0 aliphatic carbocycles. The van der Waals surface area contributed by atoms with Crippen molar-refractivity contribution in [1.29, 1.82) is 0 Å². The highest BCUT2D eigenvalue weighted by Gasteiger charge is 2.46. The van der Waals surface area contributed by atoms with Gasteiger partial charge in [0.15, 0.2) is 0 Å². The lowest BCUT2D eigenvalue weighted by Crippen LogP contribution is -2.47. The van der Waals surface area contributed by atoms with E-state index in [1.165, 1.54) is 24.3 Å². The molecule has 8 heteroatoms. The molecule has 1 heterocycles. The zero-order valence-electron chi connectivity index (χ0n) is 13.1. The fourth-order valence-corrected chi connectivity index (χ4v) is 2.70. The molecule has 2 aromatic carbocycles. The Labute approximate surface area is 145 Å². The molecule has 1 unspecified atom stereocenters. The molecule has 2 amide bonds. The first-order valence-corrected chi connectivity index (χ1v) is 7.51. The van der Waals surface area contributed by atoms with Crippen molar-refractivity contribution in [1.82, 2.24) is 10.6 Å². The summed E-state index contributed by atoms with van der Waals surface area (Å²) in [6.07, 6.45) is -5.14. The van der Waals surface area contributed by atoms with Crippen LogP contribution in [-0.2, 0) is 4.79 Å². The third kappa shape index (κ3) is 3.44. The lowest BCUT2D eigenvalue weighted by molar-refractivity contribution is -0.166. The molecule has 0 aromatic heterocycles. The van der Waals surface area contributed by atoms with Crippen LogP contribution in [0.15, 0.2) is 60.2 Å². The predicted molar refractivity (Wildman–Crippen MR) is 85.2 cm³/mol. The van der Waals surface area contributed by atoms with Crippen LogP contribution in [0.5, 0.6) is 0 Å². The first kappa shape index (κ1) is 17.7. The van der Waals surface area contributed by atoms with Gasteiger partial charge in [0, 0.05) is 0 Å². The zero-order valence-corrected chi connectivity index (χ0v) is 13.1.